The zero-order valence-electron chi connectivity index (χ0n) is 17.4. The van der Waals surface area contributed by atoms with E-state index >= 15 is 0 Å². The van der Waals surface area contributed by atoms with Gasteiger partial charge < -0.3 is 10.2 Å². The number of amides is 1. The molecule has 0 spiro atoms. The number of aromatic nitrogens is 3. The summed E-state index contributed by atoms with van der Waals surface area (Å²) >= 11 is 0. The van der Waals surface area contributed by atoms with Crippen molar-refractivity contribution in [2.75, 3.05) is 26.2 Å². The molecule has 4 rings (SSSR count). The smallest absolute Gasteiger partial charge is 0.256 e. The molecule has 1 amide bonds. The number of nitrogens with zero attached hydrogens (tertiary/aromatic N) is 4. The normalized spacial score (nSPS) is 25.6. The lowest BCUT2D eigenvalue weighted by atomic mass is 9.89. The van der Waals surface area contributed by atoms with Crippen molar-refractivity contribution in [1.82, 2.24) is 24.8 Å². The Morgan fingerprint density at radius 3 is 2.75 bits per heavy atom. The molecule has 1 aliphatic carbocycles. The molecule has 6 nitrogen and oxygen atoms in total. The summed E-state index contributed by atoms with van der Waals surface area (Å²) in [4.78, 5) is 19.8. The predicted octanol–water partition coefficient (Wildman–Crippen LogP) is 2.95. The molecule has 3 unspecified atom stereocenters. The van der Waals surface area contributed by atoms with E-state index in [1.54, 1.807) is 6.20 Å². The summed E-state index contributed by atoms with van der Waals surface area (Å²) in [6, 6.07) is 0. The van der Waals surface area contributed by atoms with Gasteiger partial charge >= 0.3 is 0 Å². The fourth-order valence-electron chi connectivity index (χ4n) is 5.05. The minimum absolute atomic E-state index is 0.0630. The number of carbonyl (C=O) groups excluding carboxylic acids is 1. The highest BCUT2D eigenvalue weighted by Gasteiger charge is 2.23. The van der Waals surface area contributed by atoms with Crippen molar-refractivity contribution >= 4 is 11.6 Å². The molecule has 1 N–H and O–H groups in total. The van der Waals surface area contributed by atoms with Gasteiger partial charge in [-0.2, -0.15) is 5.10 Å². The second-order valence-corrected chi connectivity index (χ2v) is 9.19. The zero-order chi connectivity index (χ0) is 19.7. The third-order valence-electron chi connectivity index (χ3n) is 6.28. The summed E-state index contributed by atoms with van der Waals surface area (Å²) in [5, 5.41) is 7.55. The van der Waals surface area contributed by atoms with E-state index < -0.39 is 0 Å². The number of nitrogens with one attached hydrogen (secondary N) is 1. The maximum Gasteiger partial charge on any atom is 0.256 e. The SMILES string of the molecule is CC1CCc2c(cnc3c(C(=O)NCCCN4CC(C)CC(C)C4)cnn23)C1. The molecular formula is C22H33N5O. The van der Waals surface area contributed by atoms with Crippen LogP contribution in [0.1, 0.15) is 61.6 Å². The molecule has 0 saturated carbocycles. The lowest BCUT2D eigenvalue weighted by molar-refractivity contribution is 0.0948. The van der Waals surface area contributed by atoms with Crippen molar-refractivity contribution < 1.29 is 4.79 Å². The lowest BCUT2D eigenvalue weighted by Crippen LogP contribution is -2.40. The Labute approximate surface area is 167 Å². The molecule has 0 bridgehead atoms. The van der Waals surface area contributed by atoms with Crippen molar-refractivity contribution in [3.05, 3.63) is 29.2 Å². The fraction of sp³-hybridized carbons (Fsp3) is 0.682. The first kappa shape index (κ1) is 19.4. The van der Waals surface area contributed by atoms with E-state index in [1.165, 1.54) is 37.2 Å². The Hall–Kier alpha value is -1.95. The number of piperidine rings is 1. The number of likely N-dealkylation sites (tertiary alicyclic amines) is 1. The molecule has 0 radical (unpaired) electrons. The van der Waals surface area contributed by atoms with E-state index in [4.69, 9.17) is 0 Å². The van der Waals surface area contributed by atoms with Crippen molar-refractivity contribution in [1.29, 1.82) is 0 Å². The number of hydrogen-bond donors (Lipinski definition) is 1. The topological polar surface area (TPSA) is 62.5 Å². The zero-order valence-corrected chi connectivity index (χ0v) is 17.4. The second-order valence-electron chi connectivity index (χ2n) is 9.19. The van der Waals surface area contributed by atoms with Gasteiger partial charge in [-0.15, -0.1) is 0 Å². The van der Waals surface area contributed by atoms with Crippen LogP contribution in [-0.2, 0) is 12.8 Å². The quantitative estimate of drug-likeness (QED) is 0.807. The van der Waals surface area contributed by atoms with Gasteiger partial charge in [-0.05, 0) is 62.0 Å². The van der Waals surface area contributed by atoms with Gasteiger partial charge in [-0.3, -0.25) is 4.79 Å². The highest BCUT2D eigenvalue weighted by Crippen LogP contribution is 2.26. The summed E-state index contributed by atoms with van der Waals surface area (Å²) in [6.07, 6.45) is 9.14. The first-order valence-electron chi connectivity index (χ1n) is 10.9. The molecule has 1 saturated heterocycles. The standard InChI is InChI=1S/C22H33N5O/c1-15-5-6-20-18(10-15)11-24-21-19(12-25-27(20)21)22(28)23-7-4-8-26-13-16(2)9-17(3)14-26/h11-12,15-17H,4-10,13-14H2,1-3H3,(H,23,28). The number of aryl methyl sites for hydroxylation is 1. The first-order valence-corrected chi connectivity index (χ1v) is 10.9. The van der Waals surface area contributed by atoms with Crippen molar-refractivity contribution in [2.45, 2.75) is 52.9 Å². The van der Waals surface area contributed by atoms with Crippen LogP contribution in [-0.4, -0.2) is 51.6 Å². The Kier molecular flexibility index (Phi) is 5.67. The summed E-state index contributed by atoms with van der Waals surface area (Å²) in [6.45, 7) is 11.1. The minimum Gasteiger partial charge on any atom is -0.352 e. The van der Waals surface area contributed by atoms with E-state index in [1.807, 2.05) is 10.7 Å². The molecule has 3 atom stereocenters. The van der Waals surface area contributed by atoms with Gasteiger partial charge in [0.25, 0.3) is 5.91 Å². The fourth-order valence-corrected chi connectivity index (χ4v) is 5.05. The van der Waals surface area contributed by atoms with Gasteiger partial charge in [-0.1, -0.05) is 20.8 Å². The Morgan fingerprint density at radius 1 is 1.18 bits per heavy atom. The number of fused-ring (bicyclic) bond motifs is 3. The van der Waals surface area contributed by atoms with Crippen molar-refractivity contribution in [3.63, 3.8) is 0 Å². The third-order valence-corrected chi connectivity index (χ3v) is 6.28. The predicted molar refractivity (Wildman–Crippen MR) is 111 cm³/mol. The van der Waals surface area contributed by atoms with Crippen LogP contribution < -0.4 is 5.32 Å². The van der Waals surface area contributed by atoms with Crippen LogP contribution >= 0.6 is 0 Å². The van der Waals surface area contributed by atoms with E-state index in [9.17, 15) is 4.79 Å². The van der Waals surface area contributed by atoms with Gasteiger partial charge in [0, 0.05) is 31.5 Å². The van der Waals surface area contributed by atoms with Gasteiger partial charge in [0.2, 0.25) is 0 Å². The maximum atomic E-state index is 12.7. The average molecular weight is 384 g/mol. The van der Waals surface area contributed by atoms with Crippen LogP contribution in [0.15, 0.2) is 12.4 Å². The Morgan fingerprint density at radius 2 is 1.96 bits per heavy atom. The van der Waals surface area contributed by atoms with Gasteiger partial charge in [0.05, 0.1) is 6.20 Å². The third kappa shape index (κ3) is 4.07. The van der Waals surface area contributed by atoms with E-state index in [-0.39, 0.29) is 5.91 Å². The second kappa shape index (κ2) is 8.19. The monoisotopic (exact) mass is 383 g/mol. The Balaban J connectivity index is 1.34. The molecular weight excluding hydrogens is 350 g/mol. The molecule has 28 heavy (non-hydrogen) atoms. The summed E-state index contributed by atoms with van der Waals surface area (Å²) in [7, 11) is 0. The van der Waals surface area contributed by atoms with Crippen LogP contribution in [0.4, 0.5) is 0 Å². The summed E-state index contributed by atoms with van der Waals surface area (Å²) < 4.78 is 1.88. The average Bonchev–Trinajstić information content (AvgIpc) is 3.08. The van der Waals surface area contributed by atoms with Crippen molar-refractivity contribution in [3.8, 4) is 0 Å². The van der Waals surface area contributed by atoms with Crippen LogP contribution in [0.3, 0.4) is 0 Å². The summed E-state index contributed by atoms with van der Waals surface area (Å²) in [5.74, 6) is 2.18. The largest absolute Gasteiger partial charge is 0.352 e. The maximum absolute atomic E-state index is 12.7. The molecule has 2 aromatic heterocycles. The van der Waals surface area contributed by atoms with E-state index in [0.29, 0.717) is 23.7 Å². The molecule has 2 aliphatic rings. The summed E-state index contributed by atoms with van der Waals surface area (Å²) in [5.41, 5.74) is 3.76. The van der Waals surface area contributed by atoms with Crippen molar-refractivity contribution in [2.24, 2.45) is 17.8 Å². The first-order chi connectivity index (χ1) is 13.5. The minimum atomic E-state index is -0.0630. The van der Waals surface area contributed by atoms with E-state index in [2.05, 4.69) is 41.1 Å². The highest BCUT2D eigenvalue weighted by molar-refractivity contribution is 5.99. The van der Waals surface area contributed by atoms with Gasteiger partial charge in [0.15, 0.2) is 5.65 Å². The lowest BCUT2D eigenvalue weighted by Gasteiger charge is -2.34. The van der Waals surface area contributed by atoms with Crippen LogP contribution in [0.25, 0.3) is 5.65 Å². The molecule has 152 valence electrons. The number of rotatable bonds is 5. The molecule has 1 aliphatic heterocycles. The molecule has 6 heteroatoms. The van der Waals surface area contributed by atoms with E-state index in [0.717, 1.165) is 37.6 Å². The number of hydrogen-bond acceptors (Lipinski definition) is 4. The number of carbonyl (C=O) groups is 1. The van der Waals surface area contributed by atoms with Gasteiger partial charge in [-0.25, -0.2) is 9.50 Å². The van der Waals surface area contributed by atoms with Gasteiger partial charge in [0.1, 0.15) is 5.56 Å². The molecule has 1 fully saturated rings. The molecule has 0 aromatic carbocycles. The Bertz CT molecular complexity index is 835. The highest BCUT2D eigenvalue weighted by atomic mass is 16.1. The molecule has 3 heterocycles. The molecule has 2 aromatic rings. The van der Waals surface area contributed by atoms with Crippen LogP contribution in [0.2, 0.25) is 0 Å². The van der Waals surface area contributed by atoms with Crippen LogP contribution in [0, 0.1) is 17.8 Å². The van der Waals surface area contributed by atoms with Crippen LogP contribution in [0.5, 0.6) is 0 Å².